The van der Waals surface area contributed by atoms with Crippen molar-refractivity contribution in [1.29, 1.82) is 0 Å². The zero-order valence-electron chi connectivity index (χ0n) is 22.5. The van der Waals surface area contributed by atoms with E-state index in [9.17, 15) is 37.2 Å². The predicted octanol–water partition coefficient (Wildman–Crippen LogP) is 4.09. The third kappa shape index (κ3) is 9.12. The molecule has 2 aromatic rings. The highest BCUT2D eigenvalue weighted by atomic mass is 79.9. The zero-order valence-corrected chi connectivity index (χ0v) is 25.0. The van der Waals surface area contributed by atoms with Gasteiger partial charge in [0.1, 0.15) is 24.1 Å². The van der Waals surface area contributed by atoms with Crippen molar-refractivity contribution < 1.29 is 46.2 Å². The number of carbonyl (C=O) groups is 1. The van der Waals surface area contributed by atoms with Gasteiger partial charge in [-0.1, -0.05) is 29.3 Å². The molecule has 1 aromatic carbocycles. The number of aliphatic hydroxyl groups is 1. The van der Waals surface area contributed by atoms with Gasteiger partial charge in [0.15, 0.2) is 0 Å². The summed E-state index contributed by atoms with van der Waals surface area (Å²) >= 11 is 3.05. The summed E-state index contributed by atoms with van der Waals surface area (Å²) in [5.41, 5.74) is -2.27. The molecule has 0 spiro atoms. The first kappa shape index (κ1) is 33.7. The molecular formula is C25H30BrF3N3O9P. The van der Waals surface area contributed by atoms with Crippen LogP contribution < -0.4 is 20.9 Å². The molecular weight excluding hydrogens is 654 g/mol. The fraction of sp³-hybridized carbons (Fsp3) is 0.480. The quantitative estimate of drug-likeness (QED) is 0.160. The lowest BCUT2D eigenvalue weighted by molar-refractivity contribution is -0.145. The van der Waals surface area contributed by atoms with Gasteiger partial charge in [-0.2, -0.15) is 18.3 Å². The van der Waals surface area contributed by atoms with Crippen LogP contribution in [0, 0.1) is 0 Å². The minimum absolute atomic E-state index is 0.102. The summed E-state index contributed by atoms with van der Waals surface area (Å²) in [6.45, 7) is 2.77. The number of alkyl halides is 3. The fourth-order valence-electron chi connectivity index (χ4n) is 3.77. The number of nitrogens with zero attached hydrogens (tertiary/aromatic N) is 1. The number of halogens is 4. The Balaban J connectivity index is 1.78. The molecule has 17 heteroatoms. The average Bonchev–Trinajstić information content (AvgIpc) is 3.29. The standard InChI is InChI=1S/C25H30BrF3N3O9P/c1-3-4-11-38-23(35)15(2)31-42(37,41-18-7-5-17(6-8-18)25(27,28)29)39-14-20-19(33)12-21(40-20)32-13-16(9-10-26)22(34)30-24(32)36/h5-10,13,15,19-21,33H,3-4,11-12,14H2,1-2H3,(H,31,37)(H,30,34,36)/b10-9+/t15-,19?,20+,21+,42?/m0/s1. The molecule has 3 rings (SSSR count). The molecule has 232 valence electrons. The number of H-pyrrole nitrogens is 1. The SMILES string of the molecule is CCCCOC(=O)[C@H](C)NP(=O)(OC[C@H]1O[C@@H](n2cc(/C=C/Br)c(=O)[nH]c2=O)CC1O)Oc1ccc(C(F)(F)F)cc1. The summed E-state index contributed by atoms with van der Waals surface area (Å²) in [5.74, 6) is -1.03. The molecule has 1 aliphatic heterocycles. The Labute approximate surface area is 246 Å². The van der Waals surface area contributed by atoms with Crippen molar-refractivity contribution in [1.82, 2.24) is 14.6 Å². The molecule has 1 aromatic heterocycles. The molecule has 1 fully saturated rings. The van der Waals surface area contributed by atoms with E-state index in [1.807, 2.05) is 6.92 Å². The summed E-state index contributed by atoms with van der Waals surface area (Å²) in [4.78, 5) is 40.3. The number of hydrogen-bond acceptors (Lipinski definition) is 9. The Bertz CT molecular complexity index is 1410. The lowest BCUT2D eigenvalue weighted by Gasteiger charge is -2.25. The maximum Gasteiger partial charge on any atom is 0.459 e. The second-order valence-electron chi connectivity index (χ2n) is 9.25. The minimum Gasteiger partial charge on any atom is -0.465 e. The number of hydrogen-bond donors (Lipinski definition) is 3. The van der Waals surface area contributed by atoms with Crippen molar-refractivity contribution in [3.05, 3.63) is 67.4 Å². The van der Waals surface area contributed by atoms with E-state index >= 15 is 0 Å². The predicted molar refractivity (Wildman–Crippen MR) is 148 cm³/mol. The molecule has 0 aliphatic carbocycles. The number of benzene rings is 1. The van der Waals surface area contributed by atoms with E-state index in [2.05, 4.69) is 26.0 Å². The van der Waals surface area contributed by atoms with Gasteiger partial charge in [-0.05, 0) is 48.7 Å². The minimum atomic E-state index is -4.61. The van der Waals surface area contributed by atoms with Crippen LogP contribution in [-0.2, 0) is 29.5 Å². The highest BCUT2D eigenvalue weighted by molar-refractivity contribution is 9.11. The first-order valence-corrected chi connectivity index (χ1v) is 15.2. The number of ether oxygens (including phenoxy) is 2. The lowest BCUT2D eigenvalue weighted by atomic mass is 10.2. The van der Waals surface area contributed by atoms with Gasteiger partial charge >= 0.3 is 25.6 Å². The molecule has 2 heterocycles. The van der Waals surface area contributed by atoms with Crippen LogP contribution in [0.15, 0.2) is 45.0 Å². The van der Waals surface area contributed by atoms with Gasteiger partial charge in [0, 0.05) is 12.6 Å². The van der Waals surface area contributed by atoms with Crippen LogP contribution in [-0.4, -0.2) is 52.1 Å². The van der Waals surface area contributed by atoms with Gasteiger partial charge in [-0.15, -0.1) is 0 Å². The summed E-state index contributed by atoms with van der Waals surface area (Å²) in [6.07, 6.45) is -4.12. The molecule has 0 bridgehead atoms. The number of nitrogens with one attached hydrogen (secondary N) is 2. The van der Waals surface area contributed by atoms with Crippen molar-refractivity contribution in [2.24, 2.45) is 0 Å². The number of esters is 1. The van der Waals surface area contributed by atoms with Gasteiger partial charge < -0.3 is 19.1 Å². The molecule has 12 nitrogen and oxygen atoms in total. The van der Waals surface area contributed by atoms with Crippen molar-refractivity contribution >= 4 is 35.7 Å². The van der Waals surface area contributed by atoms with Crippen molar-refractivity contribution in [3.8, 4) is 5.75 Å². The van der Waals surface area contributed by atoms with Crippen LogP contribution >= 0.6 is 23.7 Å². The first-order valence-electron chi connectivity index (χ1n) is 12.8. The maximum absolute atomic E-state index is 13.7. The number of aromatic amines is 1. The van der Waals surface area contributed by atoms with E-state index in [0.29, 0.717) is 6.42 Å². The Morgan fingerprint density at radius 3 is 2.64 bits per heavy atom. The normalized spacial score (nSPS) is 21.3. The third-order valence-corrected chi connectivity index (χ3v) is 7.92. The summed E-state index contributed by atoms with van der Waals surface area (Å²) in [5, 5.41) is 13.0. The highest BCUT2D eigenvalue weighted by Gasteiger charge is 2.40. The Morgan fingerprint density at radius 2 is 2.02 bits per heavy atom. The van der Waals surface area contributed by atoms with Crippen LogP contribution in [0.5, 0.6) is 5.75 Å². The van der Waals surface area contributed by atoms with Crippen LogP contribution in [0.1, 0.15) is 50.5 Å². The monoisotopic (exact) mass is 683 g/mol. The molecule has 3 N–H and O–H groups in total. The van der Waals surface area contributed by atoms with E-state index in [-0.39, 0.29) is 24.3 Å². The topological polar surface area (TPSA) is 158 Å². The fourth-order valence-corrected chi connectivity index (χ4v) is 5.56. The van der Waals surface area contributed by atoms with E-state index in [0.717, 1.165) is 35.3 Å². The Kier molecular flexibility index (Phi) is 11.7. The Morgan fingerprint density at radius 1 is 1.33 bits per heavy atom. The van der Waals surface area contributed by atoms with Gasteiger partial charge in [-0.3, -0.25) is 23.7 Å². The first-order chi connectivity index (χ1) is 19.8. The highest BCUT2D eigenvalue weighted by Crippen LogP contribution is 2.46. The van der Waals surface area contributed by atoms with Crippen LogP contribution in [0.4, 0.5) is 13.2 Å². The van der Waals surface area contributed by atoms with Crippen LogP contribution in [0.2, 0.25) is 0 Å². The van der Waals surface area contributed by atoms with Crippen molar-refractivity contribution in [2.75, 3.05) is 13.2 Å². The second kappa shape index (κ2) is 14.6. The smallest absolute Gasteiger partial charge is 0.459 e. The van der Waals surface area contributed by atoms with Crippen molar-refractivity contribution in [2.45, 2.75) is 63.8 Å². The summed E-state index contributed by atoms with van der Waals surface area (Å²) < 4.78 is 75.4. The second-order valence-corrected chi connectivity index (χ2v) is 11.5. The summed E-state index contributed by atoms with van der Waals surface area (Å²) in [6, 6.07) is 2.09. The third-order valence-electron chi connectivity index (χ3n) is 6.02. The Hall–Kier alpha value is -2.75. The molecule has 42 heavy (non-hydrogen) atoms. The number of aromatic nitrogens is 2. The van der Waals surface area contributed by atoms with E-state index < -0.39 is 67.8 Å². The molecule has 0 amide bonds. The number of aliphatic hydroxyl groups excluding tert-OH is 1. The van der Waals surface area contributed by atoms with Gasteiger partial charge in [-0.25, -0.2) is 9.36 Å². The van der Waals surface area contributed by atoms with E-state index in [4.69, 9.17) is 18.5 Å². The van der Waals surface area contributed by atoms with Gasteiger partial charge in [0.05, 0.1) is 30.4 Å². The van der Waals surface area contributed by atoms with Gasteiger partial charge in [0.2, 0.25) is 0 Å². The molecule has 0 radical (unpaired) electrons. The molecule has 5 atom stereocenters. The number of carbonyl (C=O) groups excluding carboxylic acids is 1. The number of rotatable bonds is 13. The maximum atomic E-state index is 13.7. The van der Waals surface area contributed by atoms with Gasteiger partial charge in [0.25, 0.3) is 5.56 Å². The summed E-state index contributed by atoms with van der Waals surface area (Å²) in [7, 11) is -4.50. The largest absolute Gasteiger partial charge is 0.465 e. The van der Waals surface area contributed by atoms with E-state index in [1.165, 1.54) is 24.2 Å². The van der Waals surface area contributed by atoms with E-state index in [1.54, 1.807) is 0 Å². The lowest BCUT2D eigenvalue weighted by Crippen LogP contribution is -2.36. The number of unbranched alkanes of at least 4 members (excludes halogenated alkanes) is 1. The van der Waals surface area contributed by atoms with Crippen molar-refractivity contribution in [3.63, 3.8) is 0 Å². The van der Waals surface area contributed by atoms with Crippen LogP contribution in [0.3, 0.4) is 0 Å². The molecule has 1 saturated heterocycles. The molecule has 2 unspecified atom stereocenters. The average molecular weight is 684 g/mol. The zero-order chi connectivity index (χ0) is 31.1. The molecule has 1 aliphatic rings. The van der Waals surface area contributed by atoms with Crippen LogP contribution in [0.25, 0.3) is 6.08 Å². The molecule has 0 saturated carbocycles.